The molecule has 37 heavy (non-hydrogen) atoms. The predicted octanol–water partition coefficient (Wildman–Crippen LogP) is 4.20. The van der Waals surface area contributed by atoms with Crippen LogP contribution in [0.4, 0.5) is 10.5 Å². The van der Waals surface area contributed by atoms with Gasteiger partial charge in [-0.05, 0) is 43.0 Å². The minimum Gasteiger partial charge on any atom is -0.496 e. The molecule has 9 nitrogen and oxygen atoms in total. The molecule has 204 valence electrons. The van der Waals surface area contributed by atoms with Crippen molar-refractivity contribution >= 4 is 21.7 Å². The maximum Gasteiger partial charge on any atom is 0.324 e. The average Bonchev–Trinajstić information content (AvgIpc) is 2.87. The monoisotopic (exact) mass is 533 g/mol. The van der Waals surface area contributed by atoms with Crippen LogP contribution in [-0.2, 0) is 23.0 Å². The van der Waals surface area contributed by atoms with Crippen LogP contribution < -0.4 is 23.8 Å². The Hall–Kier alpha value is -2.98. The molecule has 1 aliphatic heterocycles. The second-order valence-electron chi connectivity index (χ2n) is 9.16. The molecule has 1 heterocycles. The van der Waals surface area contributed by atoms with Crippen LogP contribution in [0, 0.1) is 0 Å². The fraction of sp³-hybridized carbons (Fsp3) is 0.519. The van der Waals surface area contributed by atoms with Gasteiger partial charge in [0.05, 0.1) is 33.6 Å². The molecular formula is C27H39N3O6S. The number of unbranched alkanes of at least 4 members (excludes halogenated alkanes) is 2. The molecule has 2 aromatic carbocycles. The molecule has 1 fully saturated rings. The Balaban J connectivity index is 1.71. The van der Waals surface area contributed by atoms with E-state index in [2.05, 4.69) is 11.6 Å². The molecule has 0 radical (unpaired) electrons. The summed E-state index contributed by atoms with van der Waals surface area (Å²) in [6, 6.07) is 11.3. The predicted molar refractivity (Wildman–Crippen MR) is 145 cm³/mol. The van der Waals surface area contributed by atoms with Gasteiger partial charge in [0.15, 0.2) is 11.5 Å². The number of nitrogens with one attached hydrogen (secondary N) is 1. The molecular weight excluding hydrogens is 494 g/mol. The van der Waals surface area contributed by atoms with Gasteiger partial charge in [-0.25, -0.2) is 17.9 Å². The van der Waals surface area contributed by atoms with Crippen molar-refractivity contribution in [3.63, 3.8) is 0 Å². The van der Waals surface area contributed by atoms with Gasteiger partial charge in [0.2, 0.25) is 10.0 Å². The molecule has 0 bridgehead atoms. The first kappa shape index (κ1) is 28.6. The van der Waals surface area contributed by atoms with Crippen LogP contribution in [0.5, 0.6) is 17.2 Å². The van der Waals surface area contributed by atoms with Crippen molar-refractivity contribution in [3.8, 4) is 17.2 Å². The lowest BCUT2D eigenvalue weighted by molar-refractivity contribution is 0.191. The van der Waals surface area contributed by atoms with E-state index in [1.807, 2.05) is 41.3 Å². The second-order valence-corrected chi connectivity index (χ2v) is 11.0. The fourth-order valence-electron chi connectivity index (χ4n) is 4.31. The van der Waals surface area contributed by atoms with Gasteiger partial charge < -0.3 is 19.1 Å². The zero-order chi connectivity index (χ0) is 26.8. The number of benzene rings is 2. The Morgan fingerprint density at radius 2 is 1.76 bits per heavy atom. The number of amides is 2. The van der Waals surface area contributed by atoms with Crippen molar-refractivity contribution in [1.29, 1.82) is 0 Å². The summed E-state index contributed by atoms with van der Waals surface area (Å²) in [6.45, 7) is 4.76. The summed E-state index contributed by atoms with van der Waals surface area (Å²) < 4.78 is 42.2. The van der Waals surface area contributed by atoms with Crippen molar-refractivity contribution < 1.29 is 27.4 Å². The van der Waals surface area contributed by atoms with E-state index in [1.54, 1.807) is 19.1 Å². The van der Waals surface area contributed by atoms with Crippen LogP contribution in [0.2, 0.25) is 0 Å². The van der Waals surface area contributed by atoms with E-state index in [1.165, 1.54) is 0 Å². The van der Waals surface area contributed by atoms with Crippen molar-refractivity contribution in [2.75, 3.05) is 51.6 Å². The lowest BCUT2D eigenvalue weighted by Gasteiger charge is -2.36. The van der Waals surface area contributed by atoms with Crippen LogP contribution in [-0.4, -0.2) is 66.1 Å². The lowest BCUT2D eigenvalue weighted by Crippen LogP contribution is -2.49. The number of anilines is 1. The zero-order valence-corrected chi connectivity index (χ0v) is 23.1. The summed E-state index contributed by atoms with van der Waals surface area (Å²) in [6.07, 6.45) is 5.71. The Labute approximate surface area is 220 Å². The minimum atomic E-state index is -3.23. The summed E-state index contributed by atoms with van der Waals surface area (Å²) in [7, 11) is -0.0187. The van der Waals surface area contributed by atoms with Gasteiger partial charge in [-0.2, -0.15) is 0 Å². The number of urea groups is 1. The molecule has 0 unspecified atom stereocenters. The van der Waals surface area contributed by atoms with Crippen LogP contribution in [0.15, 0.2) is 36.4 Å². The topological polar surface area (TPSA) is 97.4 Å². The summed E-state index contributed by atoms with van der Waals surface area (Å²) in [4.78, 5) is 17.1. The molecule has 0 saturated carbocycles. The normalized spacial score (nSPS) is 14.1. The molecule has 1 N–H and O–H groups in total. The van der Waals surface area contributed by atoms with E-state index >= 15 is 0 Å². The highest BCUT2D eigenvalue weighted by molar-refractivity contribution is 7.88. The van der Waals surface area contributed by atoms with Gasteiger partial charge >= 0.3 is 6.03 Å². The molecule has 0 aromatic heterocycles. The van der Waals surface area contributed by atoms with E-state index in [9.17, 15) is 13.2 Å². The quantitative estimate of drug-likeness (QED) is 0.366. The number of sulfonamides is 1. The standard InChI is InChI=1S/C27H39N3O6S/c1-5-6-7-17-36-26-19-23(11-12-24(26)34-2)30-16-8-15-29(27(30)31)20-22-10-9-21(18-25(22)35-3)13-14-28-37(4,32)33/h9-12,18-19,28H,5-8,13-17,20H2,1-4H3. The highest BCUT2D eigenvalue weighted by Crippen LogP contribution is 2.34. The second kappa shape index (κ2) is 13.5. The molecule has 1 aliphatic rings. The number of hydrogen-bond donors (Lipinski definition) is 1. The molecule has 2 amide bonds. The molecule has 3 rings (SSSR count). The third-order valence-corrected chi connectivity index (χ3v) is 6.99. The van der Waals surface area contributed by atoms with E-state index in [4.69, 9.17) is 14.2 Å². The molecule has 2 aromatic rings. The van der Waals surface area contributed by atoms with Crippen LogP contribution in [0.1, 0.15) is 43.7 Å². The molecule has 10 heteroatoms. The van der Waals surface area contributed by atoms with Crippen molar-refractivity contribution in [3.05, 3.63) is 47.5 Å². The SMILES string of the molecule is CCCCCOc1cc(N2CCCN(Cc3ccc(CCNS(C)(=O)=O)cc3OC)C2=O)ccc1OC. The molecule has 0 atom stereocenters. The van der Waals surface area contributed by atoms with Gasteiger partial charge in [0, 0.05) is 37.0 Å². The fourth-order valence-corrected chi connectivity index (χ4v) is 4.78. The molecule has 0 aliphatic carbocycles. The molecule has 1 saturated heterocycles. The summed E-state index contributed by atoms with van der Waals surface area (Å²) >= 11 is 0. The summed E-state index contributed by atoms with van der Waals surface area (Å²) in [5.74, 6) is 1.97. The highest BCUT2D eigenvalue weighted by Gasteiger charge is 2.28. The number of carbonyl (C=O) groups is 1. The third-order valence-electron chi connectivity index (χ3n) is 6.27. The third kappa shape index (κ3) is 8.26. The van der Waals surface area contributed by atoms with Gasteiger partial charge in [0.1, 0.15) is 5.75 Å². The average molecular weight is 534 g/mol. The zero-order valence-electron chi connectivity index (χ0n) is 22.3. The maximum absolute atomic E-state index is 13.5. The van der Waals surface area contributed by atoms with E-state index in [0.717, 1.165) is 48.8 Å². The Morgan fingerprint density at radius 1 is 0.973 bits per heavy atom. The number of rotatable bonds is 14. The van der Waals surface area contributed by atoms with Crippen LogP contribution in [0.3, 0.4) is 0 Å². The smallest absolute Gasteiger partial charge is 0.324 e. The number of methoxy groups -OCH3 is 2. The van der Waals surface area contributed by atoms with Crippen LogP contribution >= 0.6 is 0 Å². The first-order chi connectivity index (χ1) is 17.8. The minimum absolute atomic E-state index is 0.0724. The number of nitrogens with zero attached hydrogens (tertiary/aromatic N) is 2. The van der Waals surface area contributed by atoms with Gasteiger partial charge in [-0.15, -0.1) is 0 Å². The Morgan fingerprint density at radius 3 is 2.46 bits per heavy atom. The Kier molecular flexibility index (Phi) is 10.5. The van der Waals surface area contributed by atoms with Gasteiger partial charge in [-0.3, -0.25) is 4.90 Å². The van der Waals surface area contributed by atoms with E-state index in [-0.39, 0.29) is 6.03 Å². The summed E-state index contributed by atoms with van der Waals surface area (Å²) in [5.41, 5.74) is 2.63. The van der Waals surface area contributed by atoms with E-state index < -0.39 is 10.0 Å². The van der Waals surface area contributed by atoms with Gasteiger partial charge in [0.25, 0.3) is 0 Å². The molecule has 0 spiro atoms. The van der Waals surface area contributed by atoms with E-state index in [0.29, 0.717) is 56.5 Å². The number of hydrogen-bond acceptors (Lipinski definition) is 6. The first-order valence-electron chi connectivity index (χ1n) is 12.7. The maximum atomic E-state index is 13.5. The Bertz CT molecular complexity index is 1150. The van der Waals surface area contributed by atoms with Crippen molar-refractivity contribution in [2.24, 2.45) is 0 Å². The lowest BCUT2D eigenvalue weighted by atomic mass is 10.1. The summed E-state index contributed by atoms with van der Waals surface area (Å²) in [5, 5.41) is 0. The number of carbonyl (C=O) groups excluding carboxylic acids is 1. The first-order valence-corrected chi connectivity index (χ1v) is 14.6. The van der Waals surface area contributed by atoms with Gasteiger partial charge in [-0.1, -0.05) is 31.9 Å². The number of ether oxygens (including phenoxy) is 3. The van der Waals surface area contributed by atoms with Crippen molar-refractivity contribution in [1.82, 2.24) is 9.62 Å². The highest BCUT2D eigenvalue weighted by atomic mass is 32.2. The van der Waals surface area contributed by atoms with Crippen molar-refractivity contribution in [2.45, 2.75) is 45.6 Å². The van der Waals surface area contributed by atoms with Crippen LogP contribution in [0.25, 0.3) is 0 Å². The largest absolute Gasteiger partial charge is 0.496 e.